The van der Waals surface area contributed by atoms with Crippen LogP contribution in [0.4, 0.5) is 0 Å². The van der Waals surface area contributed by atoms with Crippen molar-refractivity contribution < 1.29 is 9.47 Å². The topological polar surface area (TPSA) is 30.5 Å². The lowest BCUT2D eigenvalue weighted by Gasteiger charge is -2.21. The Bertz CT molecular complexity index is 366. The molecule has 3 nitrogen and oxygen atoms in total. The Labute approximate surface area is 110 Å². The third-order valence-electron chi connectivity index (χ3n) is 3.24. The van der Waals surface area contributed by atoms with Crippen molar-refractivity contribution in [3.63, 3.8) is 0 Å². The van der Waals surface area contributed by atoms with E-state index in [1.807, 2.05) is 0 Å². The molecule has 0 bridgehead atoms. The zero-order valence-corrected chi connectivity index (χ0v) is 12.1. The van der Waals surface area contributed by atoms with E-state index < -0.39 is 0 Å². The second kappa shape index (κ2) is 7.52. The van der Waals surface area contributed by atoms with Crippen molar-refractivity contribution in [2.24, 2.45) is 0 Å². The van der Waals surface area contributed by atoms with Gasteiger partial charge in [-0.15, -0.1) is 0 Å². The number of methoxy groups -OCH3 is 2. The molecule has 0 fully saturated rings. The van der Waals surface area contributed by atoms with Crippen LogP contribution < -0.4 is 5.32 Å². The van der Waals surface area contributed by atoms with E-state index in [0.717, 1.165) is 6.54 Å². The molecule has 2 atom stereocenters. The highest BCUT2D eigenvalue weighted by atomic mass is 16.5. The van der Waals surface area contributed by atoms with E-state index in [-0.39, 0.29) is 6.10 Å². The van der Waals surface area contributed by atoms with E-state index >= 15 is 0 Å². The van der Waals surface area contributed by atoms with Crippen LogP contribution in [0.3, 0.4) is 0 Å². The molecular weight excluding hydrogens is 226 g/mol. The average Bonchev–Trinajstić information content (AvgIpc) is 2.37. The molecule has 1 aromatic carbocycles. The fourth-order valence-corrected chi connectivity index (χ4v) is 2.04. The first kappa shape index (κ1) is 15.2. The SMILES string of the molecule is COCC(CNC(C)c1cc(C)ccc1C)OC. The summed E-state index contributed by atoms with van der Waals surface area (Å²) in [6.07, 6.45) is 0.0996. The van der Waals surface area contributed by atoms with Crippen LogP contribution in [-0.4, -0.2) is 33.5 Å². The van der Waals surface area contributed by atoms with Crippen molar-refractivity contribution in [3.05, 3.63) is 34.9 Å². The van der Waals surface area contributed by atoms with Gasteiger partial charge < -0.3 is 14.8 Å². The predicted octanol–water partition coefficient (Wildman–Crippen LogP) is 2.62. The summed E-state index contributed by atoms with van der Waals surface area (Å²) in [5.41, 5.74) is 3.97. The van der Waals surface area contributed by atoms with E-state index in [1.54, 1.807) is 14.2 Å². The zero-order chi connectivity index (χ0) is 13.5. The third-order valence-corrected chi connectivity index (χ3v) is 3.24. The van der Waals surface area contributed by atoms with Crippen LogP contribution in [-0.2, 0) is 9.47 Å². The molecule has 0 saturated heterocycles. The molecule has 102 valence electrons. The molecule has 0 aliphatic heterocycles. The average molecular weight is 251 g/mol. The maximum atomic E-state index is 5.34. The summed E-state index contributed by atoms with van der Waals surface area (Å²) in [7, 11) is 3.41. The minimum Gasteiger partial charge on any atom is -0.382 e. The lowest BCUT2D eigenvalue weighted by atomic mass is 10.00. The highest BCUT2D eigenvalue weighted by Gasteiger charge is 2.12. The normalized spacial score (nSPS) is 14.5. The number of ether oxygens (including phenoxy) is 2. The molecule has 0 spiro atoms. The Morgan fingerprint density at radius 2 is 1.94 bits per heavy atom. The quantitative estimate of drug-likeness (QED) is 0.808. The number of hydrogen-bond donors (Lipinski definition) is 1. The Balaban J connectivity index is 2.59. The molecule has 0 amide bonds. The van der Waals surface area contributed by atoms with Gasteiger partial charge in [-0.2, -0.15) is 0 Å². The van der Waals surface area contributed by atoms with Crippen LogP contribution in [0.5, 0.6) is 0 Å². The molecule has 2 unspecified atom stereocenters. The molecule has 0 heterocycles. The summed E-state index contributed by atoms with van der Waals surface area (Å²) in [5, 5.41) is 3.50. The zero-order valence-electron chi connectivity index (χ0n) is 12.1. The summed E-state index contributed by atoms with van der Waals surface area (Å²) in [6, 6.07) is 6.88. The first-order valence-corrected chi connectivity index (χ1v) is 6.40. The van der Waals surface area contributed by atoms with Gasteiger partial charge in [0.1, 0.15) is 0 Å². The van der Waals surface area contributed by atoms with Crippen molar-refractivity contribution in [2.45, 2.75) is 32.9 Å². The molecular formula is C15H25NO2. The van der Waals surface area contributed by atoms with E-state index in [1.165, 1.54) is 16.7 Å². The maximum absolute atomic E-state index is 5.34. The van der Waals surface area contributed by atoms with E-state index in [0.29, 0.717) is 12.6 Å². The Hall–Kier alpha value is -0.900. The van der Waals surface area contributed by atoms with Gasteiger partial charge in [0.15, 0.2) is 0 Å². The van der Waals surface area contributed by atoms with Gasteiger partial charge in [-0.1, -0.05) is 23.8 Å². The summed E-state index contributed by atoms with van der Waals surface area (Å²) >= 11 is 0. The molecule has 0 saturated carbocycles. The standard InChI is InChI=1S/C15H25NO2/c1-11-6-7-12(2)15(8-11)13(3)16-9-14(18-5)10-17-4/h6-8,13-14,16H,9-10H2,1-5H3. The molecule has 1 N–H and O–H groups in total. The first-order valence-electron chi connectivity index (χ1n) is 6.40. The minimum atomic E-state index is 0.0996. The predicted molar refractivity (Wildman–Crippen MR) is 75.0 cm³/mol. The number of rotatable bonds is 7. The maximum Gasteiger partial charge on any atom is 0.0928 e. The summed E-state index contributed by atoms with van der Waals surface area (Å²) < 4.78 is 10.5. The van der Waals surface area contributed by atoms with Crippen LogP contribution >= 0.6 is 0 Å². The third kappa shape index (κ3) is 4.41. The van der Waals surface area contributed by atoms with Crippen molar-refractivity contribution >= 4 is 0 Å². The molecule has 0 aliphatic rings. The smallest absolute Gasteiger partial charge is 0.0928 e. The fraction of sp³-hybridized carbons (Fsp3) is 0.600. The summed E-state index contributed by atoms with van der Waals surface area (Å²) in [4.78, 5) is 0. The Morgan fingerprint density at radius 1 is 1.22 bits per heavy atom. The Morgan fingerprint density at radius 3 is 2.56 bits per heavy atom. The molecule has 3 heteroatoms. The van der Waals surface area contributed by atoms with Crippen molar-refractivity contribution in [3.8, 4) is 0 Å². The molecule has 0 aromatic heterocycles. The van der Waals surface area contributed by atoms with Gasteiger partial charge in [0.05, 0.1) is 12.7 Å². The molecule has 1 aromatic rings. The van der Waals surface area contributed by atoms with Gasteiger partial charge in [-0.05, 0) is 31.9 Å². The highest BCUT2D eigenvalue weighted by molar-refractivity contribution is 5.32. The minimum absolute atomic E-state index is 0.0996. The van der Waals surface area contributed by atoms with E-state index in [2.05, 4.69) is 44.3 Å². The van der Waals surface area contributed by atoms with Crippen molar-refractivity contribution in [1.29, 1.82) is 0 Å². The lowest BCUT2D eigenvalue weighted by molar-refractivity contribution is 0.0276. The van der Waals surface area contributed by atoms with Gasteiger partial charge >= 0.3 is 0 Å². The Kier molecular flexibility index (Phi) is 6.33. The summed E-state index contributed by atoms with van der Waals surface area (Å²) in [6.45, 7) is 7.86. The number of hydrogen-bond acceptors (Lipinski definition) is 3. The number of nitrogens with one attached hydrogen (secondary N) is 1. The lowest BCUT2D eigenvalue weighted by Crippen LogP contribution is -2.33. The highest BCUT2D eigenvalue weighted by Crippen LogP contribution is 2.18. The van der Waals surface area contributed by atoms with Crippen LogP contribution in [0.15, 0.2) is 18.2 Å². The second-order valence-corrected chi connectivity index (χ2v) is 4.80. The number of benzene rings is 1. The molecule has 18 heavy (non-hydrogen) atoms. The van der Waals surface area contributed by atoms with Crippen LogP contribution in [0.25, 0.3) is 0 Å². The molecule has 0 aliphatic carbocycles. The van der Waals surface area contributed by atoms with E-state index in [9.17, 15) is 0 Å². The van der Waals surface area contributed by atoms with Gasteiger partial charge in [0, 0.05) is 26.8 Å². The van der Waals surface area contributed by atoms with Gasteiger partial charge in [0.25, 0.3) is 0 Å². The first-order chi connectivity index (χ1) is 8.58. The number of aryl methyl sites for hydroxylation is 2. The van der Waals surface area contributed by atoms with Crippen LogP contribution in [0, 0.1) is 13.8 Å². The van der Waals surface area contributed by atoms with Gasteiger partial charge in [0.2, 0.25) is 0 Å². The van der Waals surface area contributed by atoms with Crippen LogP contribution in [0.1, 0.15) is 29.7 Å². The molecule has 0 radical (unpaired) electrons. The van der Waals surface area contributed by atoms with Crippen molar-refractivity contribution in [1.82, 2.24) is 5.32 Å². The largest absolute Gasteiger partial charge is 0.382 e. The molecule has 1 rings (SSSR count). The van der Waals surface area contributed by atoms with Gasteiger partial charge in [-0.3, -0.25) is 0 Å². The second-order valence-electron chi connectivity index (χ2n) is 4.80. The fourth-order valence-electron chi connectivity index (χ4n) is 2.04. The van der Waals surface area contributed by atoms with Gasteiger partial charge in [-0.25, -0.2) is 0 Å². The monoisotopic (exact) mass is 251 g/mol. The summed E-state index contributed by atoms with van der Waals surface area (Å²) in [5.74, 6) is 0. The van der Waals surface area contributed by atoms with Crippen molar-refractivity contribution in [2.75, 3.05) is 27.4 Å². The van der Waals surface area contributed by atoms with Crippen LogP contribution in [0.2, 0.25) is 0 Å². The van der Waals surface area contributed by atoms with E-state index in [4.69, 9.17) is 9.47 Å².